The third kappa shape index (κ3) is 5.70. The second kappa shape index (κ2) is 9.56. The third-order valence-corrected chi connectivity index (χ3v) is 4.17. The molecule has 0 atom stereocenters. The number of hydrazine groups is 1. The average molecular weight is 369 g/mol. The lowest BCUT2D eigenvalue weighted by atomic mass is 10.1. The lowest BCUT2D eigenvalue weighted by Gasteiger charge is -2.08. The highest BCUT2D eigenvalue weighted by atomic mass is 15.4. The summed E-state index contributed by atoms with van der Waals surface area (Å²) in [6, 6.07) is 8.37. The first-order valence-electron chi connectivity index (χ1n) is 9.25. The Morgan fingerprint density at radius 3 is 2.78 bits per heavy atom. The van der Waals surface area contributed by atoms with Gasteiger partial charge in [0.15, 0.2) is 0 Å². The normalized spacial score (nSPS) is 17.3. The number of nitrogens with zero attached hydrogens (tertiary/aromatic N) is 4. The molecule has 9 nitrogen and oxygen atoms in total. The Kier molecular flexibility index (Phi) is 6.61. The summed E-state index contributed by atoms with van der Waals surface area (Å²) in [4.78, 5) is 13.2. The number of benzene rings is 1. The minimum absolute atomic E-state index is 0.582. The average Bonchev–Trinajstić information content (AvgIpc) is 3.01. The van der Waals surface area contributed by atoms with Crippen molar-refractivity contribution in [3.05, 3.63) is 35.4 Å². The minimum Gasteiger partial charge on any atom is -0.355 e. The van der Waals surface area contributed by atoms with Crippen LogP contribution in [0.5, 0.6) is 0 Å². The van der Waals surface area contributed by atoms with Gasteiger partial charge in [0.1, 0.15) is 11.7 Å². The quantitative estimate of drug-likeness (QED) is 0.510. The lowest BCUT2D eigenvalue weighted by Crippen LogP contribution is -2.39. The van der Waals surface area contributed by atoms with Gasteiger partial charge in [-0.1, -0.05) is 24.3 Å². The predicted molar refractivity (Wildman–Crippen MR) is 109 cm³/mol. The molecule has 0 amide bonds. The Balaban J connectivity index is 1.54. The van der Waals surface area contributed by atoms with E-state index in [0.717, 1.165) is 43.0 Å². The maximum atomic E-state index is 4.70. The van der Waals surface area contributed by atoms with E-state index in [0.29, 0.717) is 25.0 Å². The molecule has 1 aromatic carbocycles. The summed E-state index contributed by atoms with van der Waals surface area (Å²) in [6.45, 7) is 4.11. The van der Waals surface area contributed by atoms with Crippen LogP contribution in [0.2, 0.25) is 0 Å². The van der Waals surface area contributed by atoms with Crippen LogP contribution in [0.3, 0.4) is 0 Å². The van der Waals surface area contributed by atoms with Crippen LogP contribution in [0.4, 0.5) is 11.9 Å². The molecular weight excluding hydrogens is 342 g/mol. The number of nitrogens with one attached hydrogen (secondary N) is 5. The molecule has 3 rings (SSSR count). The number of rotatable bonds is 7. The molecule has 2 aromatic rings. The number of anilines is 2. The molecule has 1 aliphatic heterocycles. The van der Waals surface area contributed by atoms with Crippen LogP contribution in [-0.2, 0) is 13.1 Å². The van der Waals surface area contributed by atoms with Crippen molar-refractivity contribution in [1.82, 2.24) is 26.0 Å². The number of aromatic nitrogens is 3. The van der Waals surface area contributed by atoms with Crippen LogP contribution in [-0.4, -0.2) is 40.4 Å². The van der Waals surface area contributed by atoms with Gasteiger partial charge in [0.25, 0.3) is 0 Å². The fourth-order valence-corrected chi connectivity index (χ4v) is 2.77. The standard InChI is InChI=1S/C18H27N9/c1-3-20-17-23-18(27-26-17)22-12-14-7-4-6-13(10-14)11-21-16-9-5-8-15(19-2)24-25-16/h4,6-7,10H,3,5,8-9,11-12H2,1-2H3,(H,19,24)(H,21,25)(H3,20,22,23,26,27). The van der Waals surface area contributed by atoms with Gasteiger partial charge in [0.2, 0.25) is 11.9 Å². The summed E-state index contributed by atoms with van der Waals surface area (Å²) < 4.78 is 0. The smallest absolute Gasteiger partial charge is 0.243 e. The third-order valence-electron chi connectivity index (χ3n) is 4.17. The highest BCUT2D eigenvalue weighted by molar-refractivity contribution is 5.90. The summed E-state index contributed by atoms with van der Waals surface area (Å²) in [6.07, 6.45) is 2.91. The number of aliphatic imine (C=N–C) groups is 2. The maximum absolute atomic E-state index is 4.70. The molecule has 0 bridgehead atoms. The monoisotopic (exact) mass is 369 g/mol. The molecule has 1 saturated heterocycles. The Hall–Kier alpha value is -3.10. The van der Waals surface area contributed by atoms with Crippen LogP contribution >= 0.6 is 0 Å². The highest BCUT2D eigenvalue weighted by Gasteiger charge is 2.08. The topological polar surface area (TPSA) is 114 Å². The number of hydrogen-bond donors (Lipinski definition) is 5. The minimum atomic E-state index is 0.582. The van der Waals surface area contributed by atoms with Crippen molar-refractivity contribution >= 4 is 23.6 Å². The van der Waals surface area contributed by atoms with Gasteiger partial charge < -0.3 is 10.6 Å². The Morgan fingerprint density at radius 1 is 1.11 bits per heavy atom. The van der Waals surface area contributed by atoms with E-state index < -0.39 is 0 Å². The van der Waals surface area contributed by atoms with Gasteiger partial charge in [-0.15, -0.1) is 5.10 Å². The van der Waals surface area contributed by atoms with E-state index in [-0.39, 0.29) is 0 Å². The summed E-state index contributed by atoms with van der Waals surface area (Å²) in [5.41, 5.74) is 8.60. The molecule has 9 heteroatoms. The zero-order chi connectivity index (χ0) is 18.9. The van der Waals surface area contributed by atoms with Crippen LogP contribution in [0.25, 0.3) is 0 Å². The molecule has 2 heterocycles. The summed E-state index contributed by atoms with van der Waals surface area (Å²) >= 11 is 0. The van der Waals surface area contributed by atoms with E-state index in [4.69, 9.17) is 4.99 Å². The first-order valence-corrected chi connectivity index (χ1v) is 9.25. The van der Waals surface area contributed by atoms with E-state index in [1.807, 2.05) is 6.92 Å². The lowest BCUT2D eigenvalue weighted by molar-refractivity contribution is 0.838. The van der Waals surface area contributed by atoms with Crippen molar-refractivity contribution in [3.8, 4) is 0 Å². The van der Waals surface area contributed by atoms with Gasteiger partial charge >= 0.3 is 0 Å². The Morgan fingerprint density at radius 2 is 1.93 bits per heavy atom. The zero-order valence-corrected chi connectivity index (χ0v) is 15.8. The number of H-pyrrole nitrogens is 1. The molecule has 1 aromatic heterocycles. The molecule has 0 aliphatic carbocycles. The van der Waals surface area contributed by atoms with Gasteiger partial charge in [-0.2, -0.15) is 4.98 Å². The number of aromatic amines is 1. The van der Waals surface area contributed by atoms with Crippen LogP contribution in [0.1, 0.15) is 37.3 Å². The second-order valence-corrected chi connectivity index (χ2v) is 6.25. The zero-order valence-electron chi connectivity index (χ0n) is 15.8. The predicted octanol–water partition coefficient (Wildman–Crippen LogP) is 2.05. The van der Waals surface area contributed by atoms with Crippen LogP contribution in [0.15, 0.2) is 34.3 Å². The van der Waals surface area contributed by atoms with Crippen molar-refractivity contribution < 1.29 is 0 Å². The molecule has 0 unspecified atom stereocenters. The molecule has 144 valence electrons. The molecule has 0 spiro atoms. The summed E-state index contributed by atoms with van der Waals surface area (Å²) in [7, 11) is 1.80. The van der Waals surface area contributed by atoms with Gasteiger partial charge in [-0.25, -0.2) is 5.10 Å². The molecule has 1 aliphatic rings. The van der Waals surface area contributed by atoms with E-state index in [2.05, 4.69) is 65.9 Å². The van der Waals surface area contributed by atoms with Gasteiger partial charge in [-0.05, 0) is 24.5 Å². The number of amidine groups is 2. The molecular formula is C18H27N9. The van der Waals surface area contributed by atoms with E-state index >= 15 is 0 Å². The van der Waals surface area contributed by atoms with Gasteiger partial charge in [-0.3, -0.25) is 20.8 Å². The van der Waals surface area contributed by atoms with Gasteiger partial charge in [0.05, 0.1) is 6.54 Å². The van der Waals surface area contributed by atoms with Crippen molar-refractivity contribution in [1.29, 1.82) is 0 Å². The van der Waals surface area contributed by atoms with Gasteiger partial charge in [0, 0.05) is 33.0 Å². The molecule has 5 N–H and O–H groups in total. The fraction of sp³-hybridized carbons (Fsp3) is 0.444. The van der Waals surface area contributed by atoms with Crippen molar-refractivity contribution in [2.75, 3.05) is 24.2 Å². The summed E-state index contributed by atoms with van der Waals surface area (Å²) in [5, 5.41) is 13.3. The Bertz CT molecular complexity index is 794. The van der Waals surface area contributed by atoms with E-state index in [9.17, 15) is 0 Å². The fourth-order valence-electron chi connectivity index (χ4n) is 2.77. The second-order valence-electron chi connectivity index (χ2n) is 6.25. The molecule has 27 heavy (non-hydrogen) atoms. The van der Waals surface area contributed by atoms with Crippen molar-refractivity contribution in [2.24, 2.45) is 9.98 Å². The van der Waals surface area contributed by atoms with E-state index in [1.54, 1.807) is 7.05 Å². The largest absolute Gasteiger partial charge is 0.355 e. The van der Waals surface area contributed by atoms with Crippen molar-refractivity contribution in [3.63, 3.8) is 0 Å². The molecule has 0 saturated carbocycles. The Labute approximate surface area is 159 Å². The first-order chi connectivity index (χ1) is 13.3. The maximum Gasteiger partial charge on any atom is 0.243 e. The van der Waals surface area contributed by atoms with Crippen LogP contribution in [0, 0.1) is 0 Å². The van der Waals surface area contributed by atoms with Crippen LogP contribution < -0.4 is 21.5 Å². The first kappa shape index (κ1) is 18.7. The summed E-state index contributed by atoms with van der Waals surface area (Å²) in [5.74, 6) is 3.19. The molecule has 1 fully saturated rings. The molecule has 0 radical (unpaired) electrons. The van der Waals surface area contributed by atoms with Crippen molar-refractivity contribution in [2.45, 2.75) is 39.3 Å². The SMILES string of the molecule is CCNc1nc(NCc2cccc(CN=C3CCCC(=NC)NN3)c2)n[nH]1. The van der Waals surface area contributed by atoms with E-state index in [1.165, 1.54) is 5.56 Å². The highest BCUT2D eigenvalue weighted by Crippen LogP contribution is 2.10. The number of hydrogen-bond acceptors (Lipinski definition) is 6.